The van der Waals surface area contributed by atoms with Gasteiger partial charge in [0, 0.05) is 24.1 Å². The van der Waals surface area contributed by atoms with Crippen LogP contribution in [0.5, 0.6) is 0 Å². The molecule has 2 aromatic carbocycles. The average molecular weight is 470 g/mol. The van der Waals surface area contributed by atoms with Gasteiger partial charge >= 0.3 is 6.18 Å². The first-order valence-corrected chi connectivity index (χ1v) is 10.2. The predicted molar refractivity (Wildman–Crippen MR) is 110 cm³/mol. The molecule has 174 valence electrons. The maximum absolute atomic E-state index is 13.7. The zero-order valence-corrected chi connectivity index (χ0v) is 17.5. The van der Waals surface area contributed by atoms with Crippen LogP contribution in [0.3, 0.4) is 0 Å². The van der Waals surface area contributed by atoms with Crippen molar-refractivity contribution in [2.24, 2.45) is 0 Å². The number of hydrogen-bond donors (Lipinski definition) is 2. The molecule has 11 heteroatoms. The summed E-state index contributed by atoms with van der Waals surface area (Å²) in [5.41, 5.74) is 0.251. The summed E-state index contributed by atoms with van der Waals surface area (Å²) in [5, 5.41) is 13.1. The quantitative estimate of drug-likeness (QED) is 0.665. The van der Waals surface area contributed by atoms with E-state index in [1.165, 1.54) is 41.3 Å². The maximum Gasteiger partial charge on any atom is 0.412 e. The van der Waals surface area contributed by atoms with E-state index in [-0.39, 0.29) is 41.6 Å². The van der Waals surface area contributed by atoms with Crippen LogP contribution in [0.4, 0.5) is 13.2 Å². The van der Waals surface area contributed by atoms with Gasteiger partial charge in [-0.15, -0.1) is 0 Å². The first-order chi connectivity index (χ1) is 16.1. The molecule has 2 aromatic rings. The van der Waals surface area contributed by atoms with E-state index in [4.69, 9.17) is 5.26 Å². The van der Waals surface area contributed by atoms with Gasteiger partial charge in [0.2, 0.25) is 11.8 Å². The molecule has 2 heterocycles. The summed E-state index contributed by atoms with van der Waals surface area (Å²) in [6.07, 6.45) is -4.58. The highest BCUT2D eigenvalue weighted by molar-refractivity contribution is 6.06. The van der Waals surface area contributed by atoms with Gasteiger partial charge in [-0.05, 0) is 47.9 Å². The largest absolute Gasteiger partial charge is 0.412 e. The van der Waals surface area contributed by atoms with Gasteiger partial charge in [-0.1, -0.05) is 12.1 Å². The zero-order valence-electron chi connectivity index (χ0n) is 17.5. The number of amides is 4. The Labute approximate surface area is 191 Å². The second kappa shape index (κ2) is 8.62. The number of fused-ring (bicyclic) bond motifs is 1. The second-order valence-electron chi connectivity index (χ2n) is 7.96. The predicted octanol–water partition coefficient (Wildman–Crippen LogP) is 2.35. The lowest BCUT2D eigenvalue weighted by Crippen LogP contribution is -2.52. The number of carbonyl (C=O) groups excluding carboxylic acids is 4. The minimum absolute atomic E-state index is 0.0191. The van der Waals surface area contributed by atoms with Crippen LogP contribution in [-0.2, 0) is 16.1 Å². The molecule has 0 bridgehead atoms. The van der Waals surface area contributed by atoms with Crippen LogP contribution in [0.15, 0.2) is 42.5 Å². The first-order valence-electron chi connectivity index (χ1n) is 10.2. The molecule has 1 fully saturated rings. The summed E-state index contributed by atoms with van der Waals surface area (Å²) in [4.78, 5) is 50.2. The number of nitrogens with zero attached hydrogens (tertiary/aromatic N) is 2. The van der Waals surface area contributed by atoms with Crippen LogP contribution >= 0.6 is 0 Å². The molecule has 0 spiro atoms. The average Bonchev–Trinajstić information content (AvgIpc) is 3.12. The minimum atomic E-state index is -4.82. The van der Waals surface area contributed by atoms with E-state index in [1.54, 1.807) is 6.07 Å². The molecular formula is C23H17F3N4O4. The number of piperidine rings is 1. The van der Waals surface area contributed by atoms with Crippen LogP contribution in [0.25, 0.3) is 0 Å². The van der Waals surface area contributed by atoms with E-state index in [9.17, 15) is 32.3 Å². The van der Waals surface area contributed by atoms with Crippen LogP contribution < -0.4 is 10.6 Å². The van der Waals surface area contributed by atoms with Crippen molar-refractivity contribution in [2.45, 2.75) is 37.6 Å². The molecule has 2 N–H and O–H groups in total. The Morgan fingerprint density at radius 3 is 2.62 bits per heavy atom. The normalized spacial score (nSPS) is 18.7. The highest BCUT2D eigenvalue weighted by Crippen LogP contribution is 2.34. The van der Waals surface area contributed by atoms with Crippen molar-refractivity contribution >= 4 is 23.6 Å². The topological polar surface area (TPSA) is 119 Å². The summed E-state index contributed by atoms with van der Waals surface area (Å²) >= 11 is 0. The van der Waals surface area contributed by atoms with Crippen LogP contribution in [0, 0.1) is 11.3 Å². The third-order valence-corrected chi connectivity index (χ3v) is 5.74. The number of hydrogen-bond acceptors (Lipinski definition) is 5. The van der Waals surface area contributed by atoms with Crippen molar-refractivity contribution in [2.75, 3.05) is 0 Å². The SMILES string of the molecule is N#Cc1cccc(C(NC(=O)c2ccc3c(c2)CN(C2CCC(=O)NC2=O)C3=O)C(F)(F)F)c1. The molecule has 0 saturated carbocycles. The van der Waals surface area contributed by atoms with E-state index in [0.29, 0.717) is 5.56 Å². The number of imide groups is 1. The van der Waals surface area contributed by atoms with E-state index in [1.807, 2.05) is 5.32 Å². The molecule has 1 saturated heterocycles. The third-order valence-electron chi connectivity index (χ3n) is 5.74. The lowest BCUT2D eigenvalue weighted by molar-refractivity contribution is -0.155. The maximum atomic E-state index is 13.7. The molecule has 4 amide bonds. The zero-order chi connectivity index (χ0) is 24.6. The van der Waals surface area contributed by atoms with Crippen LogP contribution in [-0.4, -0.2) is 40.7 Å². The van der Waals surface area contributed by atoms with Gasteiger partial charge in [-0.25, -0.2) is 0 Å². The molecule has 34 heavy (non-hydrogen) atoms. The lowest BCUT2D eigenvalue weighted by atomic mass is 10.0. The van der Waals surface area contributed by atoms with Gasteiger partial charge in [0.25, 0.3) is 11.8 Å². The van der Waals surface area contributed by atoms with Gasteiger partial charge in [-0.2, -0.15) is 18.4 Å². The third kappa shape index (κ3) is 4.34. The van der Waals surface area contributed by atoms with Gasteiger partial charge in [0.15, 0.2) is 6.04 Å². The summed E-state index contributed by atoms with van der Waals surface area (Å²) in [5.74, 6) is -2.50. The molecule has 2 atom stereocenters. The minimum Gasteiger partial charge on any atom is -0.337 e. The Hall–Kier alpha value is -4.20. The summed E-state index contributed by atoms with van der Waals surface area (Å²) in [6, 6.07) is 7.31. The van der Waals surface area contributed by atoms with Crippen LogP contribution in [0.1, 0.15) is 56.3 Å². The molecule has 0 aliphatic carbocycles. The Kier molecular flexibility index (Phi) is 5.83. The molecule has 0 aromatic heterocycles. The van der Waals surface area contributed by atoms with E-state index in [2.05, 4.69) is 5.32 Å². The van der Waals surface area contributed by atoms with Crippen molar-refractivity contribution in [3.8, 4) is 6.07 Å². The van der Waals surface area contributed by atoms with Gasteiger partial charge < -0.3 is 10.2 Å². The fourth-order valence-corrected chi connectivity index (χ4v) is 4.07. The van der Waals surface area contributed by atoms with Crippen molar-refractivity contribution < 1.29 is 32.3 Å². The second-order valence-corrected chi connectivity index (χ2v) is 7.96. The monoisotopic (exact) mass is 470 g/mol. The Bertz CT molecular complexity index is 1250. The fraction of sp³-hybridized carbons (Fsp3) is 0.261. The Morgan fingerprint density at radius 2 is 1.94 bits per heavy atom. The molecular weight excluding hydrogens is 453 g/mol. The van der Waals surface area contributed by atoms with Gasteiger partial charge in [0.05, 0.1) is 11.6 Å². The van der Waals surface area contributed by atoms with E-state index < -0.39 is 41.9 Å². The fourth-order valence-electron chi connectivity index (χ4n) is 4.07. The number of rotatable bonds is 4. The highest BCUT2D eigenvalue weighted by Gasteiger charge is 2.43. The van der Waals surface area contributed by atoms with E-state index >= 15 is 0 Å². The standard InChI is InChI=1S/C23H17F3N4O4/c24-23(25,26)19(13-3-1-2-12(8-13)10-27)29-20(32)14-4-5-16-15(9-14)11-30(22(16)34)17-6-7-18(31)28-21(17)33/h1-5,8-9,17,19H,6-7,11H2,(H,29,32)(H,28,31,33). The molecule has 2 aliphatic rings. The Morgan fingerprint density at radius 1 is 1.18 bits per heavy atom. The van der Waals surface area contributed by atoms with Crippen molar-refractivity contribution in [3.63, 3.8) is 0 Å². The van der Waals surface area contributed by atoms with Crippen molar-refractivity contribution in [1.82, 2.24) is 15.5 Å². The number of halogens is 3. The summed E-state index contributed by atoms with van der Waals surface area (Å²) in [6.45, 7) is -0.0194. The van der Waals surface area contributed by atoms with Crippen molar-refractivity contribution in [3.05, 3.63) is 70.3 Å². The highest BCUT2D eigenvalue weighted by atomic mass is 19.4. The lowest BCUT2D eigenvalue weighted by Gasteiger charge is -2.29. The molecule has 8 nitrogen and oxygen atoms in total. The number of alkyl halides is 3. The smallest absolute Gasteiger partial charge is 0.337 e. The molecule has 0 radical (unpaired) electrons. The molecule has 2 aliphatic heterocycles. The van der Waals surface area contributed by atoms with Crippen molar-refractivity contribution in [1.29, 1.82) is 5.26 Å². The molecule has 2 unspecified atom stereocenters. The van der Waals surface area contributed by atoms with E-state index in [0.717, 1.165) is 6.07 Å². The number of nitrogens with one attached hydrogen (secondary N) is 2. The number of carbonyl (C=O) groups is 4. The summed E-state index contributed by atoms with van der Waals surface area (Å²) < 4.78 is 41.1. The molecule has 4 rings (SSSR count). The number of nitriles is 1. The number of benzene rings is 2. The van der Waals surface area contributed by atoms with Gasteiger partial charge in [-0.3, -0.25) is 24.5 Å². The van der Waals surface area contributed by atoms with Gasteiger partial charge in [0.1, 0.15) is 6.04 Å². The Balaban J connectivity index is 1.56. The first kappa shape index (κ1) is 23.0. The summed E-state index contributed by atoms with van der Waals surface area (Å²) in [7, 11) is 0. The van der Waals surface area contributed by atoms with Crippen LogP contribution in [0.2, 0.25) is 0 Å².